The lowest BCUT2D eigenvalue weighted by molar-refractivity contribution is -0.121. The monoisotopic (exact) mass is 409 g/mol. The number of hydrogen-bond donors (Lipinski definition) is 1. The Morgan fingerprint density at radius 2 is 1.70 bits per heavy atom. The van der Waals surface area contributed by atoms with E-state index in [0.29, 0.717) is 37.1 Å². The number of nitrogens with one attached hydrogen (secondary N) is 1. The molecule has 0 aliphatic heterocycles. The van der Waals surface area contributed by atoms with E-state index in [1.807, 2.05) is 18.2 Å². The van der Waals surface area contributed by atoms with E-state index >= 15 is 0 Å². The first-order valence-corrected chi connectivity index (χ1v) is 10.2. The molecular weight excluding hydrogens is 382 g/mol. The minimum Gasteiger partial charge on any atom is -0.381 e. The molecule has 7 nitrogen and oxygen atoms in total. The second-order valence-electron chi connectivity index (χ2n) is 6.99. The fraction of sp³-hybridized carbons (Fsp3) is 0.348. The number of para-hydroxylation sites is 1. The summed E-state index contributed by atoms with van der Waals surface area (Å²) in [7, 11) is 0. The number of amides is 1. The molecule has 0 saturated carbocycles. The SMILES string of the molecule is CCn1c(=O)c2ccccc2n(CC(=O)NCCCOCCc2ccccc2)c1=O. The van der Waals surface area contributed by atoms with Crippen LogP contribution in [0.15, 0.2) is 64.2 Å². The van der Waals surface area contributed by atoms with Crippen molar-refractivity contribution in [3.05, 3.63) is 81.0 Å². The highest BCUT2D eigenvalue weighted by molar-refractivity contribution is 5.81. The van der Waals surface area contributed by atoms with Gasteiger partial charge in [0.2, 0.25) is 5.91 Å². The van der Waals surface area contributed by atoms with Gasteiger partial charge in [-0.1, -0.05) is 42.5 Å². The normalized spacial score (nSPS) is 11.0. The van der Waals surface area contributed by atoms with Crippen LogP contribution in [0.3, 0.4) is 0 Å². The first-order valence-electron chi connectivity index (χ1n) is 10.2. The molecule has 1 amide bonds. The van der Waals surface area contributed by atoms with Gasteiger partial charge in [0.1, 0.15) is 6.54 Å². The Hall–Kier alpha value is -3.19. The van der Waals surface area contributed by atoms with E-state index in [9.17, 15) is 14.4 Å². The minimum absolute atomic E-state index is 0.130. The Bertz CT molecular complexity index is 1100. The van der Waals surface area contributed by atoms with Gasteiger partial charge in [-0.05, 0) is 37.5 Å². The first kappa shape index (κ1) is 21.5. The zero-order valence-electron chi connectivity index (χ0n) is 17.2. The molecule has 0 aliphatic carbocycles. The summed E-state index contributed by atoms with van der Waals surface area (Å²) >= 11 is 0. The zero-order valence-corrected chi connectivity index (χ0v) is 17.2. The largest absolute Gasteiger partial charge is 0.381 e. The second-order valence-corrected chi connectivity index (χ2v) is 6.99. The van der Waals surface area contributed by atoms with Gasteiger partial charge in [0, 0.05) is 19.7 Å². The summed E-state index contributed by atoms with van der Waals surface area (Å²) in [5.41, 5.74) is 0.900. The molecule has 0 radical (unpaired) electrons. The highest BCUT2D eigenvalue weighted by atomic mass is 16.5. The average Bonchev–Trinajstić information content (AvgIpc) is 2.77. The molecule has 1 N–H and O–H groups in total. The Kier molecular flexibility index (Phi) is 7.57. The van der Waals surface area contributed by atoms with Crippen molar-refractivity contribution < 1.29 is 9.53 Å². The van der Waals surface area contributed by atoms with Gasteiger partial charge in [0.15, 0.2) is 0 Å². The number of ether oxygens (including phenoxy) is 1. The molecular formula is C23H27N3O4. The number of fused-ring (bicyclic) bond motifs is 1. The van der Waals surface area contributed by atoms with Crippen LogP contribution >= 0.6 is 0 Å². The van der Waals surface area contributed by atoms with E-state index in [4.69, 9.17) is 4.74 Å². The molecule has 1 aromatic heterocycles. The third-order valence-corrected chi connectivity index (χ3v) is 4.92. The van der Waals surface area contributed by atoms with Gasteiger partial charge in [-0.2, -0.15) is 0 Å². The van der Waals surface area contributed by atoms with Crippen molar-refractivity contribution in [2.75, 3.05) is 19.8 Å². The van der Waals surface area contributed by atoms with E-state index in [1.165, 1.54) is 10.1 Å². The van der Waals surface area contributed by atoms with Crippen LogP contribution in [0.25, 0.3) is 10.9 Å². The maximum Gasteiger partial charge on any atom is 0.331 e. The lowest BCUT2D eigenvalue weighted by Crippen LogP contribution is -2.42. The number of carbonyl (C=O) groups excluding carboxylic acids is 1. The summed E-state index contributed by atoms with van der Waals surface area (Å²) in [5, 5.41) is 3.25. The van der Waals surface area contributed by atoms with Crippen LogP contribution in [0.1, 0.15) is 18.9 Å². The zero-order chi connectivity index (χ0) is 21.3. The molecule has 0 unspecified atom stereocenters. The minimum atomic E-state index is -0.472. The summed E-state index contributed by atoms with van der Waals surface area (Å²) < 4.78 is 8.12. The predicted molar refractivity (Wildman–Crippen MR) is 117 cm³/mol. The predicted octanol–water partition coefficient (Wildman–Crippen LogP) is 1.95. The van der Waals surface area contributed by atoms with Crippen LogP contribution in [0.2, 0.25) is 0 Å². The maximum absolute atomic E-state index is 12.7. The molecule has 0 spiro atoms. The van der Waals surface area contributed by atoms with Crippen molar-refractivity contribution in [1.82, 2.24) is 14.5 Å². The summed E-state index contributed by atoms with van der Waals surface area (Å²) in [5.74, 6) is -0.271. The maximum atomic E-state index is 12.7. The van der Waals surface area contributed by atoms with Gasteiger partial charge in [0.25, 0.3) is 5.56 Å². The Labute approximate surface area is 174 Å². The van der Waals surface area contributed by atoms with Crippen LogP contribution in [-0.2, 0) is 29.0 Å². The highest BCUT2D eigenvalue weighted by Crippen LogP contribution is 2.07. The molecule has 158 valence electrons. The Balaban J connectivity index is 1.50. The van der Waals surface area contributed by atoms with Gasteiger partial charge < -0.3 is 10.1 Å². The van der Waals surface area contributed by atoms with Gasteiger partial charge >= 0.3 is 5.69 Å². The van der Waals surface area contributed by atoms with Crippen molar-refractivity contribution in [1.29, 1.82) is 0 Å². The third-order valence-electron chi connectivity index (χ3n) is 4.92. The van der Waals surface area contributed by atoms with Crippen LogP contribution < -0.4 is 16.6 Å². The Morgan fingerprint density at radius 1 is 0.967 bits per heavy atom. The van der Waals surface area contributed by atoms with Crippen molar-refractivity contribution >= 4 is 16.8 Å². The third kappa shape index (κ3) is 5.24. The van der Waals surface area contributed by atoms with Gasteiger partial charge in [-0.3, -0.25) is 18.7 Å². The molecule has 1 heterocycles. The molecule has 3 aromatic rings. The highest BCUT2D eigenvalue weighted by Gasteiger charge is 2.14. The smallest absolute Gasteiger partial charge is 0.331 e. The number of rotatable bonds is 10. The number of hydrogen-bond acceptors (Lipinski definition) is 4. The first-order chi connectivity index (χ1) is 14.6. The van der Waals surface area contributed by atoms with Gasteiger partial charge in [0.05, 0.1) is 17.5 Å². The van der Waals surface area contributed by atoms with E-state index in [-0.39, 0.29) is 24.6 Å². The number of nitrogens with zero attached hydrogens (tertiary/aromatic N) is 2. The number of aromatic nitrogens is 2. The lowest BCUT2D eigenvalue weighted by atomic mass is 10.2. The van der Waals surface area contributed by atoms with Crippen molar-refractivity contribution in [2.24, 2.45) is 0 Å². The van der Waals surface area contributed by atoms with Gasteiger partial charge in [-0.15, -0.1) is 0 Å². The van der Waals surface area contributed by atoms with Gasteiger partial charge in [-0.25, -0.2) is 4.79 Å². The summed E-state index contributed by atoms with van der Waals surface area (Å²) in [6, 6.07) is 17.0. The second kappa shape index (κ2) is 10.5. The fourth-order valence-corrected chi connectivity index (χ4v) is 3.34. The topological polar surface area (TPSA) is 82.3 Å². The van der Waals surface area contributed by atoms with E-state index < -0.39 is 5.69 Å². The molecule has 30 heavy (non-hydrogen) atoms. The quantitative estimate of drug-likeness (QED) is 0.519. The summed E-state index contributed by atoms with van der Waals surface area (Å²) in [4.78, 5) is 37.5. The molecule has 0 saturated heterocycles. The van der Waals surface area contributed by atoms with E-state index in [1.54, 1.807) is 31.2 Å². The molecule has 3 rings (SSSR count). The van der Waals surface area contributed by atoms with Crippen LogP contribution in [0, 0.1) is 0 Å². The van der Waals surface area contributed by atoms with Crippen molar-refractivity contribution in [3.8, 4) is 0 Å². The number of carbonyl (C=O) groups is 1. The Morgan fingerprint density at radius 3 is 2.47 bits per heavy atom. The summed E-state index contributed by atoms with van der Waals surface area (Å²) in [6.45, 7) is 3.51. The number of benzene rings is 2. The molecule has 0 atom stereocenters. The lowest BCUT2D eigenvalue weighted by Gasteiger charge is -2.13. The standard InChI is InChI=1S/C23H27N3O4/c1-2-25-22(28)19-11-6-7-12-20(19)26(23(25)29)17-21(27)24-14-8-15-30-16-13-18-9-4-3-5-10-18/h3-7,9-12H,2,8,13-17H2,1H3,(H,24,27). The van der Waals surface area contributed by atoms with Crippen LogP contribution in [-0.4, -0.2) is 34.8 Å². The molecule has 0 bridgehead atoms. The molecule has 0 aliphatic rings. The van der Waals surface area contributed by atoms with E-state index in [0.717, 1.165) is 11.0 Å². The van der Waals surface area contributed by atoms with Crippen LogP contribution in [0.4, 0.5) is 0 Å². The van der Waals surface area contributed by atoms with Crippen molar-refractivity contribution in [3.63, 3.8) is 0 Å². The average molecular weight is 409 g/mol. The molecule has 0 fully saturated rings. The summed E-state index contributed by atoms with van der Waals surface area (Å²) in [6.07, 6.45) is 1.54. The van der Waals surface area contributed by atoms with Crippen LogP contribution in [0.5, 0.6) is 0 Å². The molecule has 2 aromatic carbocycles. The van der Waals surface area contributed by atoms with Crippen molar-refractivity contribution in [2.45, 2.75) is 32.9 Å². The van der Waals surface area contributed by atoms with E-state index in [2.05, 4.69) is 17.4 Å². The fourth-order valence-electron chi connectivity index (χ4n) is 3.34. The molecule has 7 heteroatoms.